The standard InChI is InChI=1S/C15H13ClFNO3/c16-11-7-9(17)5-6-10(11)13-12(15(19)20)14(21-18-13)8-3-1-2-4-8/h5-8H,1-4H2,(H,19,20). The number of carbonyl (C=O) groups is 1. The van der Waals surface area contributed by atoms with Gasteiger partial charge in [0.25, 0.3) is 0 Å². The molecule has 1 saturated carbocycles. The lowest BCUT2D eigenvalue weighted by molar-refractivity contribution is 0.0694. The Morgan fingerprint density at radius 1 is 1.38 bits per heavy atom. The molecule has 0 spiro atoms. The summed E-state index contributed by atoms with van der Waals surface area (Å²) in [5, 5.41) is 13.5. The van der Waals surface area contributed by atoms with Crippen LogP contribution in [-0.2, 0) is 0 Å². The molecule has 4 nitrogen and oxygen atoms in total. The fourth-order valence-electron chi connectivity index (χ4n) is 2.84. The number of nitrogens with zero attached hydrogens (tertiary/aromatic N) is 1. The SMILES string of the molecule is O=C(O)c1c(-c2ccc(F)cc2Cl)noc1C1CCCC1. The second-order valence-corrected chi connectivity index (χ2v) is 5.59. The molecule has 1 N–H and O–H groups in total. The Morgan fingerprint density at radius 3 is 2.71 bits per heavy atom. The van der Waals surface area contributed by atoms with Crippen molar-refractivity contribution >= 4 is 17.6 Å². The number of hydrogen-bond donors (Lipinski definition) is 1. The number of halogens is 2. The number of aromatic carboxylic acids is 1. The fraction of sp³-hybridized carbons (Fsp3) is 0.333. The van der Waals surface area contributed by atoms with Gasteiger partial charge in [0.15, 0.2) is 5.76 Å². The zero-order chi connectivity index (χ0) is 15.0. The van der Waals surface area contributed by atoms with Gasteiger partial charge in [-0.15, -0.1) is 0 Å². The topological polar surface area (TPSA) is 63.3 Å². The van der Waals surface area contributed by atoms with Gasteiger partial charge in [0, 0.05) is 11.5 Å². The van der Waals surface area contributed by atoms with Crippen molar-refractivity contribution in [1.82, 2.24) is 5.16 Å². The van der Waals surface area contributed by atoms with Crippen LogP contribution in [0.25, 0.3) is 11.3 Å². The monoisotopic (exact) mass is 309 g/mol. The summed E-state index contributed by atoms with van der Waals surface area (Å²) in [5.41, 5.74) is 0.563. The highest BCUT2D eigenvalue weighted by atomic mass is 35.5. The number of aromatic nitrogens is 1. The third-order valence-electron chi connectivity index (χ3n) is 3.84. The molecule has 6 heteroatoms. The first-order chi connectivity index (χ1) is 10.1. The van der Waals surface area contributed by atoms with Crippen LogP contribution in [-0.4, -0.2) is 16.2 Å². The Labute approximate surface area is 125 Å². The Balaban J connectivity index is 2.12. The van der Waals surface area contributed by atoms with E-state index in [0.29, 0.717) is 11.3 Å². The minimum Gasteiger partial charge on any atom is -0.477 e. The fourth-order valence-corrected chi connectivity index (χ4v) is 3.10. The first-order valence-electron chi connectivity index (χ1n) is 6.76. The lowest BCUT2D eigenvalue weighted by atomic mass is 9.97. The van der Waals surface area contributed by atoms with Crippen LogP contribution in [0.5, 0.6) is 0 Å². The molecule has 0 radical (unpaired) electrons. The lowest BCUT2D eigenvalue weighted by Gasteiger charge is -2.06. The van der Waals surface area contributed by atoms with E-state index in [-0.39, 0.29) is 22.2 Å². The molecule has 0 saturated heterocycles. The third kappa shape index (κ3) is 2.53. The van der Waals surface area contributed by atoms with Crippen molar-refractivity contribution in [1.29, 1.82) is 0 Å². The summed E-state index contributed by atoms with van der Waals surface area (Å²) in [7, 11) is 0. The van der Waals surface area contributed by atoms with Crippen molar-refractivity contribution in [3.63, 3.8) is 0 Å². The van der Waals surface area contributed by atoms with Gasteiger partial charge < -0.3 is 9.63 Å². The average Bonchev–Trinajstić information content (AvgIpc) is 3.07. The maximum Gasteiger partial charge on any atom is 0.341 e. The number of carboxylic acids is 1. The molecule has 3 rings (SSSR count). The Bertz CT molecular complexity index is 692. The molecule has 1 aromatic heterocycles. The summed E-state index contributed by atoms with van der Waals surface area (Å²) in [4.78, 5) is 11.6. The number of rotatable bonds is 3. The molecule has 21 heavy (non-hydrogen) atoms. The van der Waals surface area contributed by atoms with Crippen LogP contribution in [0.3, 0.4) is 0 Å². The van der Waals surface area contributed by atoms with Crippen molar-refractivity contribution < 1.29 is 18.8 Å². The number of benzene rings is 1. The molecular weight excluding hydrogens is 297 g/mol. The molecule has 0 aliphatic heterocycles. The van der Waals surface area contributed by atoms with Crippen molar-refractivity contribution in [3.8, 4) is 11.3 Å². The summed E-state index contributed by atoms with van der Waals surface area (Å²) in [6.45, 7) is 0. The van der Waals surface area contributed by atoms with E-state index in [9.17, 15) is 14.3 Å². The van der Waals surface area contributed by atoms with E-state index in [1.165, 1.54) is 12.1 Å². The minimum absolute atomic E-state index is 0.0374. The van der Waals surface area contributed by atoms with Gasteiger partial charge in [-0.2, -0.15) is 0 Å². The molecule has 110 valence electrons. The van der Waals surface area contributed by atoms with E-state index in [1.54, 1.807) is 0 Å². The molecule has 1 fully saturated rings. The van der Waals surface area contributed by atoms with Gasteiger partial charge in [0.1, 0.15) is 17.1 Å². The van der Waals surface area contributed by atoms with E-state index in [1.807, 2.05) is 0 Å². The molecule has 2 aromatic rings. The quantitative estimate of drug-likeness (QED) is 0.907. The van der Waals surface area contributed by atoms with Crippen LogP contribution >= 0.6 is 11.6 Å². The Kier molecular flexibility index (Phi) is 3.68. The Morgan fingerprint density at radius 2 is 2.10 bits per heavy atom. The average molecular weight is 310 g/mol. The molecule has 0 unspecified atom stereocenters. The zero-order valence-electron chi connectivity index (χ0n) is 11.1. The van der Waals surface area contributed by atoms with Crippen LogP contribution in [0.1, 0.15) is 47.7 Å². The van der Waals surface area contributed by atoms with Crippen LogP contribution < -0.4 is 0 Å². The van der Waals surface area contributed by atoms with Gasteiger partial charge in [-0.05, 0) is 31.0 Å². The molecule has 1 aliphatic rings. The van der Waals surface area contributed by atoms with E-state index < -0.39 is 11.8 Å². The van der Waals surface area contributed by atoms with Gasteiger partial charge in [-0.3, -0.25) is 0 Å². The number of hydrogen-bond acceptors (Lipinski definition) is 3. The van der Waals surface area contributed by atoms with Gasteiger partial charge in [-0.1, -0.05) is 29.6 Å². The number of carboxylic acid groups (broad SMARTS) is 1. The first kappa shape index (κ1) is 14.1. The minimum atomic E-state index is -1.10. The van der Waals surface area contributed by atoms with Crippen LogP contribution in [0, 0.1) is 5.82 Å². The molecule has 1 heterocycles. The predicted octanol–water partition coefficient (Wildman–Crippen LogP) is 4.49. The summed E-state index contributed by atoms with van der Waals surface area (Å²) in [5.74, 6) is -1.11. The molecule has 0 amide bonds. The maximum absolute atomic E-state index is 13.1. The normalized spacial score (nSPS) is 15.5. The lowest BCUT2D eigenvalue weighted by Crippen LogP contribution is -2.04. The smallest absolute Gasteiger partial charge is 0.341 e. The molecule has 0 bridgehead atoms. The maximum atomic E-state index is 13.1. The second-order valence-electron chi connectivity index (χ2n) is 5.18. The first-order valence-corrected chi connectivity index (χ1v) is 7.14. The highest BCUT2D eigenvalue weighted by molar-refractivity contribution is 6.33. The van der Waals surface area contributed by atoms with Crippen LogP contribution in [0.4, 0.5) is 4.39 Å². The van der Waals surface area contributed by atoms with E-state index >= 15 is 0 Å². The van der Waals surface area contributed by atoms with Crippen molar-refractivity contribution in [2.24, 2.45) is 0 Å². The van der Waals surface area contributed by atoms with E-state index in [4.69, 9.17) is 16.1 Å². The van der Waals surface area contributed by atoms with E-state index in [0.717, 1.165) is 31.7 Å². The second kappa shape index (κ2) is 5.48. The van der Waals surface area contributed by atoms with Crippen molar-refractivity contribution in [3.05, 3.63) is 40.4 Å². The zero-order valence-corrected chi connectivity index (χ0v) is 11.9. The molecule has 1 aliphatic carbocycles. The van der Waals surface area contributed by atoms with Gasteiger partial charge in [0.2, 0.25) is 0 Å². The summed E-state index contributed by atoms with van der Waals surface area (Å²) >= 11 is 6.00. The Hall–Kier alpha value is -1.88. The largest absolute Gasteiger partial charge is 0.477 e. The highest BCUT2D eigenvalue weighted by Gasteiger charge is 2.31. The van der Waals surface area contributed by atoms with Gasteiger partial charge >= 0.3 is 5.97 Å². The highest BCUT2D eigenvalue weighted by Crippen LogP contribution is 2.40. The molecular formula is C15H13ClFNO3. The third-order valence-corrected chi connectivity index (χ3v) is 4.16. The molecule has 1 aromatic carbocycles. The van der Waals surface area contributed by atoms with Crippen molar-refractivity contribution in [2.75, 3.05) is 0 Å². The molecule has 0 atom stereocenters. The summed E-state index contributed by atoms with van der Waals surface area (Å²) < 4.78 is 18.4. The van der Waals surface area contributed by atoms with Crippen molar-refractivity contribution in [2.45, 2.75) is 31.6 Å². The van der Waals surface area contributed by atoms with Crippen LogP contribution in [0.15, 0.2) is 22.7 Å². The van der Waals surface area contributed by atoms with Gasteiger partial charge in [-0.25, -0.2) is 9.18 Å². The summed E-state index contributed by atoms with van der Waals surface area (Å²) in [6.07, 6.45) is 3.90. The van der Waals surface area contributed by atoms with Gasteiger partial charge in [0.05, 0.1) is 5.02 Å². The predicted molar refractivity (Wildman–Crippen MR) is 75.1 cm³/mol. The van der Waals surface area contributed by atoms with E-state index in [2.05, 4.69) is 5.16 Å². The summed E-state index contributed by atoms with van der Waals surface area (Å²) in [6, 6.07) is 3.77. The van der Waals surface area contributed by atoms with Crippen LogP contribution in [0.2, 0.25) is 5.02 Å².